The van der Waals surface area contributed by atoms with Gasteiger partial charge in [-0.3, -0.25) is 9.79 Å². The first-order chi connectivity index (χ1) is 6.36. The van der Waals surface area contributed by atoms with Gasteiger partial charge in [-0.25, -0.2) is 0 Å². The van der Waals surface area contributed by atoms with Gasteiger partial charge in [0.2, 0.25) is 0 Å². The zero-order valence-corrected chi connectivity index (χ0v) is 11.0. The number of aliphatic imine (C=N–C) groups is 1. The number of halogens is 2. The van der Waals surface area contributed by atoms with Crippen LogP contribution in [0.2, 0.25) is 0 Å². The van der Waals surface area contributed by atoms with Crippen molar-refractivity contribution in [2.24, 2.45) is 16.5 Å². The highest BCUT2D eigenvalue weighted by Gasteiger charge is 2.25. The minimum Gasteiger partial charge on any atom is -0.480 e. The Morgan fingerprint density at radius 3 is 2.31 bits per heavy atom. The summed E-state index contributed by atoms with van der Waals surface area (Å²) in [5, 5.41) is 8.68. The molecule has 7 heteroatoms. The van der Waals surface area contributed by atoms with Crippen molar-refractivity contribution in [1.29, 1.82) is 0 Å². The predicted molar refractivity (Wildman–Crippen MR) is 70.6 cm³/mol. The minimum absolute atomic E-state index is 0. The lowest BCUT2D eigenvalue weighted by atomic mass is 10.00. The Morgan fingerprint density at radius 2 is 1.94 bits per heavy atom. The van der Waals surface area contributed by atoms with Gasteiger partial charge >= 0.3 is 5.97 Å². The van der Waals surface area contributed by atoms with Crippen molar-refractivity contribution in [2.45, 2.75) is 25.8 Å². The molecule has 0 heterocycles. The lowest BCUT2D eigenvalue weighted by molar-refractivity contribution is -0.142. The van der Waals surface area contributed by atoms with Crippen LogP contribution in [0.3, 0.4) is 0 Å². The summed E-state index contributed by atoms with van der Waals surface area (Å²) in [6.07, 6.45) is 3.71. The summed E-state index contributed by atoms with van der Waals surface area (Å²) in [6.45, 7) is 3.62. The second kappa shape index (κ2) is 9.45. The topological polar surface area (TPSA) is 102 Å². The molecule has 1 atom stereocenters. The Hall–Kier alpha value is -0.780. The molecule has 5 nitrogen and oxygen atoms in total. The van der Waals surface area contributed by atoms with Crippen LogP contribution in [-0.4, -0.2) is 29.0 Å². The zero-order chi connectivity index (χ0) is 11.2. The Labute approximate surface area is 108 Å². The van der Waals surface area contributed by atoms with Crippen molar-refractivity contribution < 1.29 is 9.90 Å². The highest BCUT2D eigenvalue weighted by molar-refractivity contribution is 5.85. The molecule has 0 aliphatic rings. The molecule has 0 saturated heterocycles. The average molecular weight is 272 g/mol. The third-order valence-electron chi connectivity index (χ3n) is 1.64. The first kappa shape index (κ1) is 20.6. The van der Waals surface area contributed by atoms with E-state index in [4.69, 9.17) is 16.6 Å². The largest absolute Gasteiger partial charge is 0.480 e. The molecule has 5 N–H and O–H groups in total. The van der Waals surface area contributed by atoms with Gasteiger partial charge in [0.1, 0.15) is 5.54 Å². The van der Waals surface area contributed by atoms with Gasteiger partial charge in [-0.15, -0.1) is 24.8 Å². The Morgan fingerprint density at radius 1 is 1.44 bits per heavy atom. The van der Waals surface area contributed by atoms with E-state index >= 15 is 0 Å². The van der Waals surface area contributed by atoms with Gasteiger partial charge in [-0.1, -0.05) is 12.2 Å². The van der Waals surface area contributed by atoms with E-state index < -0.39 is 11.5 Å². The summed E-state index contributed by atoms with van der Waals surface area (Å²) in [5.41, 5.74) is 9.59. The van der Waals surface area contributed by atoms with Crippen molar-refractivity contribution in [3.8, 4) is 0 Å². The van der Waals surface area contributed by atoms with Crippen LogP contribution >= 0.6 is 24.8 Å². The normalized spacial score (nSPS) is 14.8. The van der Waals surface area contributed by atoms with Crippen LogP contribution in [0.5, 0.6) is 0 Å². The number of carboxylic acids is 1. The van der Waals surface area contributed by atoms with Crippen LogP contribution < -0.4 is 11.5 Å². The number of hydrogen-bond donors (Lipinski definition) is 3. The number of hydrogen-bond acceptors (Lipinski definition) is 3. The molecule has 0 aliphatic heterocycles. The molecule has 0 aromatic rings. The van der Waals surface area contributed by atoms with E-state index in [9.17, 15) is 4.79 Å². The van der Waals surface area contributed by atoms with Gasteiger partial charge in [-0.05, 0) is 20.3 Å². The van der Waals surface area contributed by atoms with Crippen LogP contribution in [0, 0.1) is 0 Å². The van der Waals surface area contributed by atoms with Crippen molar-refractivity contribution >= 4 is 36.6 Å². The number of nitrogens with two attached hydrogens (primary N) is 2. The van der Waals surface area contributed by atoms with E-state index in [1.807, 2.05) is 0 Å². The smallest absolute Gasteiger partial charge is 0.323 e. The number of nitrogens with zero attached hydrogens (tertiary/aromatic N) is 1. The fourth-order valence-electron chi connectivity index (χ4n) is 0.687. The zero-order valence-electron chi connectivity index (χ0n) is 9.34. The molecule has 0 saturated carbocycles. The lowest BCUT2D eigenvalue weighted by Gasteiger charge is -2.15. The second-order valence-electron chi connectivity index (χ2n) is 3.38. The summed E-state index contributed by atoms with van der Waals surface area (Å²) >= 11 is 0. The maximum absolute atomic E-state index is 10.6. The number of rotatable bonds is 5. The highest BCUT2D eigenvalue weighted by Crippen LogP contribution is 2.06. The molecule has 96 valence electrons. The number of amidine groups is 1. The maximum atomic E-state index is 10.6. The van der Waals surface area contributed by atoms with E-state index in [-0.39, 0.29) is 31.2 Å². The fraction of sp³-hybridized carbons (Fsp3) is 0.556. The Balaban J connectivity index is -0.000000845. The molecule has 0 bridgehead atoms. The summed E-state index contributed by atoms with van der Waals surface area (Å²) in [4.78, 5) is 14.5. The van der Waals surface area contributed by atoms with E-state index in [0.717, 1.165) is 0 Å². The SMILES string of the molecule is CC(N)=NC/C=C/C[C@](C)(N)C(=O)O.Cl.Cl. The number of carboxylic acid groups (broad SMARTS) is 1. The quantitative estimate of drug-likeness (QED) is 0.394. The number of aliphatic carboxylic acids is 1. The standard InChI is InChI=1S/C9H17N3O2.2ClH/c1-7(10)12-6-4-3-5-9(2,11)8(13)14;;/h3-4H,5-6,11H2,1-2H3,(H2,10,12)(H,13,14);2*1H/b4-3+;;/t9-;;/m0../s1. The van der Waals surface area contributed by atoms with Crippen molar-refractivity contribution in [1.82, 2.24) is 0 Å². The van der Waals surface area contributed by atoms with Gasteiger partial charge in [0.25, 0.3) is 0 Å². The second-order valence-corrected chi connectivity index (χ2v) is 3.38. The van der Waals surface area contributed by atoms with Gasteiger partial charge < -0.3 is 16.6 Å². The summed E-state index contributed by atoms with van der Waals surface area (Å²) in [6, 6.07) is 0. The molecule has 0 aliphatic carbocycles. The molecule has 0 aromatic heterocycles. The van der Waals surface area contributed by atoms with Crippen LogP contribution in [0.25, 0.3) is 0 Å². The highest BCUT2D eigenvalue weighted by atomic mass is 35.5. The molecule has 0 amide bonds. The summed E-state index contributed by atoms with van der Waals surface area (Å²) < 4.78 is 0. The Bertz CT molecular complexity index is 261. The van der Waals surface area contributed by atoms with Crippen LogP contribution in [-0.2, 0) is 4.79 Å². The molecule has 0 radical (unpaired) electrons. The van der Waals surface area contributed by atoms with E-state index in [1.165, 1.54) is 6.92 Å². The molecule has 16 heavy (non-hydrogen) atoms. The van der Waals surface area contributed by atoms with Gasteiger partial charge in [0.15, 0.2) is 0 Å². The third kappa shape index (κ3) is 9.76. The predicted octanol–water partition coefficient (Wildman–Crippen LogP) is 0.955. The summed E-state index contributed by atoms with van der Waals surface area (Å²) in [5.74, 6) is -0.510. The molecule has 0 fully saturated rings. The first-order valence-electron chi connectivity index (χ1n) is 4.30. The van der Waals surface area contributed by atoms with Gasteiger partial charge in [0.05, 0.1) is 12.4 Å². The molecular formula is C9H19Cl2N3O2. The van der Waals surface area contributed by atoms with Gasteiger partial charge in [0, 0.05) is 0 Å². The van der Waals surface area contributed by atoms with E-state index in [0.29, 0.717) is 12.4 Å². The maximum Gasteiger partial charge on any atom is 0.323 e. The molecule has 0 spiro atoms. The van der Waals surface area contributed by atoms with Crippen molar-refractivity contribution in [3.05, 3.63) is 12.2 Å². The van der Waals surface area contributed by atoms with Crippen molar-refractivity contribution in [2.75, 3.05) is 6.54 Å². The van der Waals surface area contributed by atoms with E-state index in [2.05, 4.69) is 4.99 Å². The molecule has 0 rings (SSSR count). The average Bonchev–Trinajstić information content (AvgIpc) is 2.02. The van der Waals surface area contributed by atoms with Crippen LogP contribution in [0.1, 0.15) is 20.3 Å². The van der Waals surface area contributed by atoms with Gasteiger partial charge in [-0.2, -0.15) is 0 Å². The summed E-state index contributed by atoms with van der Waals surface area (Å²) in [7, 11) is 0. The lowest BCUT2D eigenvalue weighted by Crippen LogP contribution is -2.44. The van der Waals surface area contributed by atoms with Crippen LogP contribution in [0.4, 0.5) is 0 Å². The monoisotopic (exact) mass is 271 g/mol. The minimum atomic E-state index is -1.21. The number of carbonyl (C=O) groups is 1. The van der Waals surface area contributed by atoms with Crippen LogP contribution in [0.15, 0.2) is 17.1 Å². The van der Waals surface area contributed by atoms with Crippen molar-refractivity contribution in [3.63, 3.8) is 0 Å². The molecule has 0 unspecified atom stereocenters. The Kier molecular flexibility index (Phi) is 12.2. The fourth-order valence-corrected chi connectivity index (χ4v) is 0.687. The van der Waals surface area contributed by atoms with E-state index in [1.54, 1.807) is 19.1 Å². The third-order valence-corrected chi connectivity index (χ3v) is 1.64. The molecular weight excluding hydrogens is 253 g/mol. The first-order valence-corrected chi connectivity index (χ1v) is 4.30. The molecule has 0 aromatic carbocycles.